The number of benzene rings is 2. The van der Waals surface area contributed by atoms with Crippen LogP contribution in [0.25, 0.3) is 0 Å². The molecule has 0 saturated carbocycles. The monoisotopic (exact) mass is 408 g/mol. The maximum Gasteiger partial charge on any atom is 0.253 e. The Kier molecular flexibility index (Phi) is 7.05. The molecule has 1 heterocycles. The summed E-state index contributed by atoms with van der Waals surface area (Å²) in [5.41, 5.74) is 2.14. The first-order valence-corrected chi connectivity index (χ1v) is 9.52. The van der Waals surface area contributed by atoms with Gasteiger partial charge in [-0.05, 0) is 43.2 Å². The molecule has 8 nitrogen and oxygen atoms in total. The predicted octanol–water partition coefficient (Wildman–Crippen LogP) is 3.01. The van der Waals surface area contributed by atoms with E-state index in [9.17, 15) is 9.59 Å². The average molecular weight is 408 g/mol. The van der Waals surface area contributed by atoms with Crippen LogP contribution in [0.2, 0.25) is 0 Å². The van der Waals surface area contributed by atoms with Gasteiger partial charge in [-0.3, -0.25) is 9.59 Å². The molecule has 3 rings (SSSR count). The van der Waals surface area contributed by atoms with Gasteiger partial charge in [0.2, 0.25) is 5.91 Å². The number of aryl methyl sites for hydroxylation is 1. The van der Waals surface area contributed by atoms with E-state index in [4.69, 9.17) is 9.26 Å². The Hall–Kier alpha value is -3.81. The van der Waals surface area contributed by atoms with Gasteiger partial charge in [0.1, 0.15) is 11.5 Å². The maximum atomic E-state index is 12.6. The molecule has 8 heteroatoms. The highest BCUT2D eigenvalue weighted by Gasteiger charge is 2.12. The van der Waals surface area contributed by atoms with Crippen molar-refractivity contribution in [3.05, 3.63) is 71.5 Å². The molecule has 2 amide bonds. The number of amides is 2. The van der Waals surface area contributed by atoms with Gasteiger partial charge in [0.15, 0.2) is 5.82 Å². The summed E-state index contributed by atoms with van der Waals surface area (Å²) < 4.78 is 10.1. The Bertz CT molecular complexity index is 998. The Morgan fingerprint density at radius 3 is 2.57 bits per heavy atom. The minimum Gasteiger partial charge on any atom is -0.497 e. The number of para-hydroxylation sites is 1. The van der Waals surface area contributed by atoms with Crippen LogP contribution in [-0.4, -0.2) is 37.2 Å². The van der Waals surface area contributed by atoms with Gasteiger partial charge in [0.25, 0.3) is 5.91 Å². The first kappa shape index (κ1) is 20.9. The normalized spacial score (nSPS) is 10.3. The number of hydrogen-bond donors (Lipinski definition) is 3. The molecule has 0 aliphatic heterocycles. The molecule has 0 aliphatic rings. The smallest absolute Gasteiger partial charge is 0.253 e. The molecule has 0 aliphatic carbocycles. The SMILES string of the molecule is COc1ccc(CCNC(=O)c2ccccc2NCC(=O)Nc2cc(C)on2)cc1. The summed E-state index contributed by atoms with van der Waals surface area (Å²) in [4.78, 5) is 24.7. The number of carbonyl (C=O) groups is 2. The number of nitrogens with zero attached hydrogens (tertiary/aromatic N) is 1. The Morgan fingerprint density at radius 1 is 1.10 bits per heavy atom. The molecule has 0 spiro atoms. The molecule has 0 fully saturated rings. The van der Waals surface area contributed by atoms with Crippen molar-refractivity contribution in [3.63, 3.8) is 0 Å². The van der Waals surface area contributed by atoms with Crippen molar-refractivity contribution < 1.29 is 18.8 Å². The van der Waals surface area contributed by atoms with E-state index in [1.54, 1.807) is 44.4 Å². The Labute approximate surface area is 174 Å². The van der Waals surface area contributed by atoms with Gasteiger partial charge >= 0.3 is 0 Å². The second-order valence-corrected chi connectivity index (χ2v) is 6.62. The van der Waals surface area contributed by atoms with Gasteiger partial charge in [0.05, 0.1) is 19.2 Å². The second-order valence-electron chi connectivity index (χ2n) is 6.62. The molecule has 1 aromatic heterocycles. The lowest BCUT2D eigenvalue weighted by atomic mass is 10.1. The van der Waals surface area contributed by atoms with E-state index in [1.165, 1.54) is 0 Å². The molecule has 0 radical (unpaired) electrons. The molecule has 2 aromatic carbocycles. The van der Waals surface area contributed by atoms with E-state index in [-0.39, 0.29) is 18.4 Å². The van der Waals surface area contributed by atoms with Crippen LogP contribution in [0.5, 0.6) is 5.75 Å². The number of rotatable bonds is 9. The largest absolute Gasteiger partial charge is 0.497 e. The van der Waals surface area contributed by atoms with Crippen LogP contribution in [0.4, 0.5) is 11.5 Å². The molecular weight excluding hydrogens is 384 g/mol. The summed E-state index contributed by atoms with van der Waals surface area (Å²) >= 11 is 0. The van der Waals surface area contributed by atoms with Crippen molar-refractivity contribution >= 4 is 23.3 Å². The summed E-state index contributed by atoms with van der Waals surface area (Å²) in [6.07, 6.45) is 0.699. The number of anilines is 2. The third-order valence-corrected chi connectivity index (χ3v) is 4.36. The number of methoxy groups -OCH3 is 1. The van der Waals surface area contributed by atoms with Gasteiger partial charge in [-0.2, -0.15) is 0 Å². The van der Waals surface area contributed by atoms with E-state index in [1.807, 2.05) is 24.3 Å². The Morgan fingerprint density at radius 2 is 1.87 bits per heavy atom. The van der Waals surface area contributed by atoms with Gasteiger partial charge in [-0.25, -0.2) is 0 Å². The van der Waals surface area contributed by atoms with E-state index < -0.39 is 0 Å². The van der Waals surface area contributed by atoms with Crippen molar-refractivity contribution in [3.8, 4) is 5.75 Å². The highest BCUT2D eigenvalue weighted by Crippen LogP contribution is 2.15. The summed E-state index contributed by atoms with van der Waals surface area (Å²) in [5, 5.41) is 12.3. The minimum atomic E-state index is -0.294. The molecule has 0 atom stereocenters. The first-order valence-electron chi connectivity index (χ1n) is 9.52. The third-order valence-electron chi connectivity index (χ3n) is 4.36. The molecular formula is C22H24N4O4. The van der Waals surface area contributed by atoms with Crippen molar-refractivity contribution in [2.45, 2.75) is 13.3 Å². The lowest BCUT2D eigenvalue weighted by Gasteiger charge is -2.12. The zero-order valence-corrected chi connectivity index (χ0v) is 16.9. The summed E-state index contributed by atoms with van der Waals surface area (Å²) in [5.74, 6) is 1.25. The minimum absolute atomic E-state index is 0.0119. The topological polar surface area (TPSA) is 105 Å². The Balaban J connectivity index is 1.51. The van der Waals surface area contributed by atoms with Crippen molar-refractivity contribution in [2.75, 3.05) is 30.8 Å². The molecule has 3 N–H and O–H groups in total. The molecule has 0 bridgehead atoms. The van der Waals surface area contributed by atoms with Crippen molar-refractivity contribution in [1.82, 2.24) is 10.5 Å². The second kappa shape index (κ2) is 10.1. The molecule has 0 saturated heterocycles. The van der Waals surface area contributed by atoms with Gasteiger partial charge in [0, 0.05) is 18.3 Å². The highest BCUT2D eigenvalue weighted by atomic mass is 16.5. The predicted molar refractivity (Wildman–Crippen MR) is 114 cm³/mol. The lowest BCUT2D eigenvalue weighted by molar-refractivity contribution is -0.114. The maximum absolute atomic E-state index is 12.6. The van der Waals surface area contributed by atoms with Gasteiger partial charge in [-0.1, -0.05) is 29.4 Å². The number of aromatic nitrogens is 1. The molecule has 3 aromatic rings. The van der Waals surface area contributed by atoms with Crippen molar-refractivity contribution in [2.24, 2.45) is 0 Å². The van der Waals surface area contributed by atoms with Crippen LogP contribution in [0.1, 0.15) is 21.7 Å². The van der Waals surface area contributed by atoms with E-state index in [0.717, 1.165) is 11.3 Å². The van der Waals surface area contributed by atoms with Crippen LogP contribution in [0.3, 0.4) is 0 Å². The number of ether oxygens (including phenoxy) is 1. The van der Waals surface area contributed by atoms with Crippen LogP contribution < -0.4 is 20.7 Å². The van der Waals surface area contributed by atoms with E-state index in [0.29, 0.717) is 35.8 Å². The number of carbonyl (C=O) groups excluding carboxylic acids is 2. The fourth-order valence-corrected chi connectivity index (χ4v) is 2.83. The van der Waals surface area contributed by atoms with Gasteiger partial charge in [-0.15, -0.1) is 0 Å². The fourth-order valence-electron chi connectivity index (χ4n) is 2.83. The first-order chi connectivity index (χ1) is 14.5. The van der Waals surface area contributed by atoms with Crippen LogP contribution in [0, 0.1) is 6.92 Å². The zero-order valence-electron chi connectivity index (χ0n) is 16.9. The summed E-state index contributed by atoms with van der Waals surface area (Å²) in [7, 11) is 1.62. The molecule has 0 unspecified atom stereocenters. The molecule has 30 heavy (non-hydrogen) atoms. The zero-order chi connectivity index (χ0) is 21.3. The van der Waals surface area contributed by atoms with Crippen LogP contribution in [0.15, 0.2) is 59.1 Å². The average Bonchev–Trinajstić information content (AvgIpc) is 3.17. The van der Waals surface area contributed by atoms with Crippen LogP contribution >= 0.6 is 0 Å². The van der Waals surface area contributed by atoms with Crippen molar-refractivity contribution in [1.29, 1.82) is 0 Å². The van der Waals surface area contributed by atoms with E-state index in [2.05, 4.69) is 21.1 Å². The third kappa shape index (κ3) is 5.84. The number of hydrogen-bond acceptors (Lipinski definition) is 6. The van der Waals surface area contributed by atoms with Gasteiger partial charge < -0.3 is 25.2 Å². The summed E-state index contributed by atoms with van der Waals surface area (Å²) in [6, 6.07) is 16.4. The fraction of sp³-hybridized carbons (Fsp3) is 0.227. The number of nitrogens with one attached hydrogen (secondary N) is 3. The quantitative estimate of drug-likeness (QED) is 0.503. The molecule has 156 valence electrons. The van der Waals surface area contributed by atoms with E-state index >= 15 is 0 Å². The summed E-state index contributed by atoms with van der Waals surface area (Å²) in [6.45, 7) is 2.22. The lowest BCUT2D eigenvalue weighted by Crippen LogP contribution is -2.28. The van der Waals surface area contributed by atoms with Crippen LogP contribution in [-0.2, 0) is 11.2 Å². The standard InChI is InChI=1S/C22H24N4O4/c1-15-13-20(26-30-15)25-21(27)14-24-19-6-4-3-5-18(19)22(28)23-12-11-16-7-9-17(29-2)10-8-16/h3-10,13,24H,11-12,14H2,1-2H3,(H,23,28)(H,25,26,27). The highest BCUT2D eigenvalue weighted by molar-refractivity contribution is 6.00.